The molecule has 0 amide bonds. The largest absolute Gasteiger partial charge is 0.0808 e. The average molecular weight is 379 g/mol. The van der Waals surface area contributed by atoms with Crippen LogP contribution in [0.5, 0.6) is 0 Å². The lowest BCUT2D eigenvalue weighted by atomic mass is 9.81. The second-order valence-electron chi connectivity index (χ2n) is 9.94. The fourth-order valence-electron chi connectivity index (χ4n) is 7.05. The van der Waals surface area contributed by atoms with Gasteiger partial charge in [0.2, 0.25) is 0 Å². The maximum atomic E-state index is 2.63. The van der Waals surface area contributed by atoms with E-state index >= 15 is 0 Å². The molecule has 5 atom stereocenters. The maximum absolute atomic E-state index is 2.63. The van der Waals surface area contributed by atoms with Gasteiger partial charge in [-0.2, -0.15) is 0 Å². The van der Waals surface area contributed by atoms with Crippen LogP contribution in [0, 0.1) is 23.7 Å². The van der Waals surface area contributed by atoms with Crippen molar-refractivity contribution < 1.29 is 0 Å². The van der Waals surface area contributed by atoms with Gasteiger partial charge in [-0.3, -0.25) is 0 Å². The summed E-state index contributed by atoms with van der Waals surface area (Å²) >= 11 is 0. The van der Waals surface area contributed by atoms with Crippen LogP contribution in [0.2, 0.25) is 23.7 Å². The molecule has 5 unspecified atom stereocenters. The van der Waals surface area contributed by atoms with Gasteiger partial charge < -0.3 is 0 Å². The summed E-state index contributed by atoms with van der Waals surface area (Å²) < 4.78 is 0. The van der Waals surface area contributed by atoms with E-state index in [4.69, 9.17) is 0 Å². The number of allylic oxidation sites excluding steroid dienone is 4. The summed E-state index contributed by atoms with van der Waals surface area (Å²) in [5, 5.41) is 0. The molecule has 0 N–H and O–H groups in total. The fourth-order valence-corrected chi connectivity index (χ4v) is 14.7. The predicted molar refractivity (Wildman–Crippen MR) is 122 cm³/mol. The molecule has 1 saturated carbocycles. The van der Waals surface area contributed by atoms with E-state index < -0.39 is 8.07 Å². The molecule has 1 heteroatoms. The van der Waals surface area contributed by atoms with E-state index in [0.29, 0.717) is 0 Å². The van der Waals surface area contributed by atoms with Crippen LogP contribution in [0.25, 0.3) is 5.57 Å². The van der Waals surface area contributed by atoms with E-state index in [-0.39, 0.29) is 0 Å². The summed E-state index contributed by atoms with van der Waals surface area (Å²) in [7, 11) is -1.21. The molecule has 0 nitrogen and oxygen atoms in total. The Morgan fingerprint density at radius 1 is 1.07 bits per heavy atom. The Kier molecular flexibility index (Phi) is 5.78. The van der Waals surface area contributed by atoms with E-state index in [1.807, 2.05) is 0 Å². The zero-order valence-corrected chi connectivity index (χ0v) is 18.7. The molecule has 3 aliphatic rings. The van der Waals surface area contributed by atoms with Crippen molar-refractivity contribution in [3.63, 3.8) is 0 Å². The lowest BCUT2D eigenvalue weighted by Gasteiger charge is -2.46. The van der Waals surface area contributed by atoms with E-state index in [2.05, 4.69) is 69.3 Å². The van der Waals surface area contributed by atoms with Gasteiger partial charge >= 0.3 is 0 Å². The minimum atomic E-state index is -1.21. The zero-order valence-electron chi connectivity index (χ0n) is 17.7. The van der Waals surface area contributed by atoms with Crippen molar-refractivity contribution in [2.24, 2.45) is 23.7 Å². The molecule has 27 heavy (non-hydrogen) atoms. The van der Waals surface area contributed by atoms with Crippen molar-refractivity contribution in [3.05, 3.63) is 54.1 Å². The Morgan fingerprint density at radius 2 is 1.81 bits per heavy atom. The summed E-state index contributed by atoms with van der Waals surface area (Å²) in [6.07, 6.45) is 14.8. The van der Waals surface area contributed by atoms with Gasteiger partial charge in [-0.1, -0.05) is 113 Å². The molecule has 2 fully saturated rings. The third-order valence-electron chi connectivity index (χ3n) is 8.24. The molecule has 1 aromatic rings. The first-order valence-corrected chi connectivity index (χ1v) is 14.3. The standard InChI is InChI=1S/C26H38Si/c1-4-20(2)19-27(16-9-6-10-17-27)26-21(3)18-25-23(14-11-15-24(25)26)22-12-7-5-8-13-22/h5,7-8,11-15,20-21,24-26H,4,6,9-10,16-19H2,1-3H3. The molecule has 1 aliphatic heterocycles. The summed E-state index contributed by atoms with van der Waals surface area (Å²) in [6.45, 7) is 7.55. The minimum Gasteiger partial charge on any atom is -0.0808 e. The van der Waals surface area contributed by atoms with Crippen molar-refractivity contribution >= 4 is 13.6 Å². The van der Waals surface area contributed by atoms with Crippen LogP contribution in [0.4, 0.5) is 0 Å². The van der Waals surface area contributed by atoms with Crippen LogP contribution in [0.3, 0.4) is 0 Å². The van der Waals surface area contributed by atoms with Crippen LogP contribution in [0.1, 0.15) is 58.4 Å². The van der Waals surface area contributed by atoms with Crippen molar-refractivity contribution in [3.8, 4) is 0 Å². The zero-order chi connectivity index (χ0) is 18.9. The third-order valence-corrected chi connectivity index (χ3v) is 14.8. The first kappa shape index (κ1) is 19.2. The van der Waals surface area contributed by atoms with Gasteiger partial charge in [-0.15, -0.1) is 0 Å². The fraction of sp³-hybridized carbons (Fsp3) is 0.615. The molecule has 1 aromatic carbocycles. The van der Waals surface area contributed by atoms with Crippen LogP contribution in [0.15, 0.2) is 48.6 Å². The Labute approximate surface area is 168 Å². The number of rotatable bonds is 5. The molecule has 0 spiro atoms. The Morgan fingerprint density at radius 3 is 2.52 bits per heavy atom. The monoisotopic (exact) mass is 378 g/mol. The van der Waals surface area contributed by atoms with E-state index in [1.54, 1.807) is 23.7 Å². The highest BCUT2D eigenvalue weighted by molar-refractivity contribution is 6.81. The van der Waals surface area contributed by atoms with Gasteiger partial charge in [-0.25, -0.2) is 0 Å². The maximum Gasteiger partial charge on any atom is 0.0578 e. The smallest absolute Gasteiger partial charge is 0.0578 e. The van der Waals surface area contributed by atoms with Gasteiger partial charge in [-0.05, 0) is 46.8 Å². The van der Waals surface area contributed by atoms with Gasteiger partial charge in [0, 0.05) is 0 Å². The highest BCUT2D eigenvalue weighted by Crippen LogP contribution is 2.60. The molecule has 1 saturated heterocycles. The minimum absolute atomic E-state index is 0.764. The lowest BCUT2D eigenvalue weighted by molar-refractivity contribution is 0.508. The topological polar surface area (TPSA) is 0 Å². The average Bonchev–Trinajstić information content (AvgIpc) is 3.05. The van der Waals surface area contributed by atoms with Crippen molar-refractivity contribution in [1.29, 1.82) is 0 Å². The normalized spacial score (nSPS) is 33.4. The highest BCUT2D eigenvalue weighted by atomic mass is 28.3. The Bertz CT molecular complexity index is 679. The number of hydrogen-bond donors (Lipinski definition) is 0. The third kappa shape index (κ3) is 3.65. The molecule has 2 aliphatic carbocycles. The second-order valence-corrected chi connectivity index (χ2v) is 14.7. The second kappa shape index (κ2) is 8.11. The summed E-state index contributed by atoms with van der Waals surface area (Å²) in [4.78, 5) is 0. The van der Waals surface area contributed by atoms with Crippen molar-refractivity contribution in [2.75, 3.05) is 0 Å². The van der Waals surface area contributed by atoms with Crippen molar-refractivity contribution in [1.82, 2.24) is 0 Å². The number of hydrogen-bond acceptors (Lipinski definition) is 0. The van der Waals surface area contributed by atoms with Crippen LogP contribution >= 0.6 is 0 Å². The SMILES string of the molecule is CCC(C)C[Si]1(C2C(C)CC3C(c4ccccc4)=CC=CC32)CCCCC1. The quantitative estimate of drug-likeness (QED) is 0.456. The molecule has 0 radical (unpaired) electrons. The molecule has 0 aromatic heterocycles. The van der Waals surface area contributed by atoms with E-state index in [9.17, 15) is 0 Å². The Balaban J connectivity index is 1.66. The van der Waals surface area contributed by atoms with E-state index in [1.165, 1.54) is 37.7 Å². The summed E-state index contributed by atoms with van der Waals surface area (Å²) in [5.41, 5.74) is 4.10. The van der Waals surface area contributed by atoms with Crippen LogP contribution in [-0.4, -0.2) is 8.07 Å². The first-order chi connectivity index (χ1) is 13.1. The van der Waals surface area contributed by atoms with Crippen LogP contribution in [-0.2, 0) is 0 Å². The lowest BCUT2D eigenvalue weighted by Crippen LogP contribution is -2.46. The molecule has 1 heterocycles. The van der Waals surface area contributed by atoms with Gasteiger partial charge in [0.25, 0.3) is 0 Å². The molecule has 146 valence electrons. The first-order valence-electron chi connectivity index (χ1n) is 11.6. The van der Waals surface area contributed by atoms with Crippen LogP contribution < -0.4 is 0 Å². The van der Waals surface area contributed by atoms with Gasteiger partial charge in [0.05, 0.1) is 8.07 Å². The Hall–Kier alpha value is -1.08. The molecular formula is C26H38Si. The van der Waals surface area contributed by atoms with Gasteiger partial charge in [0.1, 0.15) is 0 Å². The van der Waals surface area contributed by atoms with E-state index in [0.717, 1.165) is 29.2 Å². The summed E-state index contributed by atoms with van der Waals surface area (Å²) in [5.74, 6) is 3.41. The summed E-state index contributed by atoms with van der Waals surface area (Å²) in [6, 6.07) is 16.1. The van der Waals surface area contributed by atoms with Gasteiger partial charge in [0.15, 0.2) is 0 Å². The molecule has 0 bridgehead atoms. The molecule has 4 rings (SSSR count). The van der Waals surface area contributed by atoms with Crippen molar-refractivity contribution in [2.45, 2.75) is 76.5 Å². The number of fused-ring (bicyclic) bond motifs is 1. The number of benzene rings is 1. The predicted octanol–water partition coefficient (Wildman–Crippen LogP) is 7.96. The molecular weight excluding hydrogens is 340 g/mol. The highest BCUT2D eigenvalue weighted by Gasteiger charge is 2.53.